The molecule has 4 N–H and O–H groups in total. The van der Waals surface area contributed by atoms with Gasteiger partial charge in [0.2, 0.25) is 5.91 Å². The van der Waals surface area contributed by atoms with Crippen molar-refractivity contribution < 1.29 is 22.8 Å². The summed E-state index contributed by atoms with van der Waals surface area (Å²) < 4.78 is 40.1. The predicted molar refractivity (Wildman–Crippen MR) is 116 cm³/mol. The molecule has 1 fully saturated rings. The third-order valence-corrected chi connectivity index (χ3v) is 5.51. The molecule has 1 aliphatic rings. The molecule has 1 saturated heterocycles. The van der Waals surface area contributed by atoms with Crippen LogP contribution in [0.25, 0.3) is 0 Å². The monoisotopic (exact) mass is 468 g/mol. The molecule has 10 heteroatoms. The van der Waals surface area contributed by atoms with Gasteiger partial charge in [0.05, 0.1) is 0 Å². The smallest absolute Gasteiger partial charge is 0.321 e. The second-order valence-corrected chi connectivity index (χ2v) is 8.23. The van der Waals surface area contributed by atoms with Crippen molar-refractivity contribution in [2.24, 2.45) is 5.73 Å². The Bertz CT molecular complexity index is 966. The zero-order valence-electron chi connectivity index (χ0n) is 17.2. The molecule has 3 rings (SSSR count). The Morgan fingerprint density at radius 2 is 1.69 bits per heavy atom. The summed E-state index contributed by atoms with van der Waals surface area (Å²) in [6.07, 6.45) is 0.967. The quantitative estimate of drug-likeness (QED) is 0.563. The molecule has 1 heterocycles. The van der Waals surface area contributed by atoms with Crippen LogP contribution in [0.4, 0.5) is 23.7 Å². The molecule has 2 aromatic rings. The van der Waals surface area contributed by atoms with Crippen molar-refractivity contribution in [2.45, 2.75) is 37.8 Å². The van der Waals surface area contributed by atoms with Crippen LogP contribution in [0.15, 0.2) is 36.4 Å². The van der Waals surface area contributed by atoms with Crippen LogP contribution in [0, 0.1) is 17.5 Å². The van der Waals surface area contributed by atoms with Crippen molar-refractivity contribution in [3.05, 3.63) is 64.4 Å². The van der Waals surface area contributed by atoms with E-state index in [1.54, 1.807) is 29.2 Å². The van der Waals surface area contributed by atoms with Crippen LogP contribution in [0.3, 0.4) is 0 Å². The summed E-state index contributed by atoms with van der Waals surface area (Å²) in [4.78, 5) is 26.3. The maximum Gasteiger partial charge on any atom is 0.321 e. The van der Waals surface area contributed by atoms with Gasteiger partial charge in [0.25, 0.3) is 0 Å². The number of anilines is 1. The first-order valence-electron chi connectivity index (χ1n) is 10.2. The Morgan fingerprint density at radius 1 is 1.06 bits per heavy atom. The lowest BCUT2D eigenvalue weighted by Crippen LogP contribution is -2.48. The third-order valence-electron chi connectivity index (χ3n) is 5.26. The third kappa shape index (κ3) is 6.61. The minimum absolute atomic E-state index is 0.0794. The Hall–Kier alpha value is -2.78. The van der Waals surface area contributed by atoms with Gasteiger partial charge >= 0.3 is 6.03 Å². The van der Waals surface area contributed by atoms with E-state index in [0.717, 1.165) is 6.07 Å². The van der Waals surface area contributed by atoms with Gasteiger partial charge in [0.15, 0.2) is 11.6 Å². The summed E-state index contributed by atoms with van der Waals surface area (Å²) in [6.45, 7) is 0.937. The Kier molecular flexibility index (Phi) is 7.98. The van der Waals surface area contributed by atoms with Crippen LogP contribution >= 0.6 is 11.6 Å². The number of halogens is 4. The molecule has 1 atom stereocenters. The SMILES string of the molecule is N[C@@H](CC(=O)NC1CCN(C(=O)Nc2ccc(Cl)cc2)CC1)Cc1cc(F)c(F)cc1F. The average Bonchev–Trinajstić information content (AvgIpc) is 2.74. The van der Waals surface area contributed by atoms with Crippen LogP contribution in [0.2, 0.25) is 5.02 Å². The van der Waals surface area contributed by atoms with Gasteiger partial charge in [-0.1, -0.05) is 11.6 Å². The van der Waals surface area contributed by atoms with Gasteiger partial charge in [0.1, 0.15) is 5.82 Å². The number of hydrogen-bond acceptors (Lipinski definition) is 3. The lowest BCUT2D eigenvalue weighted by molar-refractivity contribution is -0.122. The number of benzene rings is 2. The zero-order valence-corrected chi connectivity index (χ0v) is 18.0. The topological polar surface area (TPSA) is 87.5 Å². The van der Waals surface area contributed by atoms with Gasteiger partial charge in [-0.05, 0) is 55.2 Å². The molecule has 0 bridgehead atoms. The van der Waals surface area contributed by atoms with E-state index in [4.69, 9.17) is 17.3 Å². The Labute approximate surface area is 188 Å². The molecular formula is C22H24ClF3N4O2. The number of nitrogens with two attached hydrogens (primary N) is 1. The number of hydrogen-bond donors (Lipinski definition) is 3. The molecule has 6 nitrogen and oxygen atoms in total. The molecule has 3 amide bonds. The summed E-state index contributed by atoms with van der Waals surface area (Å²) in [5.74, 6) is -3.65. The number of rotatable bonds is 6. The van der Waals surface area contributed by atoms with E-state index in [1.807, 2.05) is 0 Å². The number of nitrogens with one attached hydrogen (secondary N) is 2. The first kappa shape index (κ1) is 23.9. The maximum atomic E-state index is 13.8. The standard InChI is InChI=1S/C22H24ClF3N4O2/c23-14-1-3-16(4-2-14)29-22(32)30-7-5-17(6-8-30)28-21(31)11-15(27)9-13-10-19(25)20(26)12-18(13)24/h1-4,10,12,15,17H,5-9,11,27H2,(H,28,31)(H,29,32)/t15-/m1/s1. The van der Waals surface area contributed by atoms with Gasteiger partial charge in [-0.25, -0.2) is 18.0 Å². The number of carbonyl (C=O) groups excluding carboxylic acids is 2. The maximum absolute atomic E-state index is 13.8. The van der Waals surface area contributed by atoms with Crippen molar-refractivity contribution in [1.82, 2.24) is 10.2 Å². The van der Waals surface area contributed by atoms with E-state index in [0.29, 0.717) is 42.7 Å². The highest BCUT2D eigenvalue weighted by molar-refractivity contribution is 6.30. The first-order valence-corrected chi connectivity index (χ1v) is 10.6. The second-order valence-electron chi connectivity index (χ2n) is 7.79. The molecule has 172 valence electrons. The fourth-order valence-electron chi connectivity index (χ4n) is 3.56. The van der Waals surface area contributed by atoms with E-state index in [1.165, 1.54) is 0 Å². The number of nitrogens with zero attached hydrogens (tertiary/aromatic N) is 1. The van der Waals surface area contributed by atoms with Crippen LogP contribution in [-0.4, -0.2) is 42.0 Å². The molecule has 0 saturated carbocycles. The molecule has 0 unspecified atom stereocenters. The fourth-order valence-corrected chi connectivity index (χ4v) is 3.69. The van der Waals surface area contributed by atoms with E-state index < -0.39 is 23.5 Å². The van der Waals surface area contributed by atoms with Gasteiger partial charge in [-0.2, -0.15) is 0 Å². The van der Waals surface area contributed by atoms with Gasteiger partial charge in [0, 0.05) is 48.4 Å². The molecular weight excluding hydrogens is 445 g/mol. The Balaban J connectivity index is 1.41. The summed E-state index contributed by atoms with van der Waals surface area (Å²) in [6, 6.07) is 6.92. The van der Waals surface area contributed by atoms with Crippen molar-refractivity contribution in [3.8, 4) is 0 Å². The zero-order chi connectivity index (χ0) is 23.3. The lowest BCUT2D eigenvalue weighted by Gasteiger charge is -2.32. The molecule has 2 aromatic carbocycles. The molecule has 0 aromatic heterocycles. The van der Waals surface area contributed by atoms with Gasteiger partial charge in [-0.3, -0.25) is 4.79 Å². The fraction of sp³-hybridized carbons (Fsp3) is 0.364. The molecule has 1 aliphatic heterocycles. The lowest BCUT2D eigenvalue weighted by atomic mass is 10.0. The number of urea groups is 1. The van der Waals surface area contributed by atoms with Crippen LogP contribution in [0.1, 0.15) is 24.8 Å². The highest BCUT2D eigenvalue weighted by atomic mass is 35.5. The van der Waals surface area contributed by atoms with Crippen molar-refractivity contribution >= 4 is 29.2 Å². The largest absolute Gasteiger partial charge is 0.353 e. The molecule has 32 heavy (non-hydrogen) atoms. The van der Waals surface area contributed by atoms with E-state index in [2.05, 4.69) is 10.6 Å². The highest BCUT2D eigenvalue weighted by Gasteiger charge is 2.24. The highest BCUT2D eigenvalue weighted by Crippen LogP contribution is 2.18. The Morgan fingerprint density at radius 3 is 2.34 bits per heavy atom. The number of amides is 3. The molecule has 0 radical (unpaired) electrons. The van der Waals surface area contributed by atoms with Crippen molar-refractivity contribution in [1.29, 1.82) is 0 Å². The van der Waals surface area contributed by atoms with Crippen LogP contribution in [0.5, 0.6) is 0 Å². The van der Waals surface area contributed by atoms with E-state index >= 15 is 0 Å². The number of carbonyl (C=O) groups is 2. The number of piperidine rings is 1. The first-order chi connectivity index (χ1) is 15.2. The van der Waals surface area contributed by atoms with Gasteiger partial charge < -0.3 is 21.3 Å². The number of likely N-dealkylation sites (tertiary alicyclic amines) is 1. The summed E-state index contributed by atoms with van der Waals surface area (Å²) in [5.41, 5.74) is 6.46. The summed E-state index contributed by atoms with van der Waals surface area (Å²) in [5, 5.41) is 6.24. The normalized spacial score (nSPS) is 15.3. The van der Waals surface area contributed by atoms with Crippen molar-refractivity contribution in [3.63, 3.8) is 0 Å². The van der Waals surface area contributed by atoms with Crippen molar-refractivity contribution in [2.75, 3.05) is 18.4 Å². The summed E-state index contributed by atoms with van der Waals surface area (Å²) in [7, 11) is 0. The predicted octanol–water partition coefficient (Wildman–Crippen LogP) is 3.83. The second kappa shape index (κ2) is 10.7. The minimum atomic E-state index is -1.27. The molecule has 0 aliphatic carbocycles. The van der Waals surface area contributed by atoms with E-state index in [-0.39, 0.29) is 36.4 Å². The van der Waals surface area contributed by atoms with Crippen LogP contribution in [-0.2, 0) is 11.2 Å². The minimum Gasteiger partial charge on any atom is -0.353 e. The molecule has 0 spiro atoms. The van der Waals surface area contributed by atoms with E-state index in [9.17, 15) is 22.8 Å². The van der Waals surface area contributed by atoms with Gasteiger partial charge in [-0.15, -0.1) is 0 Å². The van der Waals surface area contributed by atoms with Crippen LogP contribution < -0.4 is 16.4 Å². The summed E-state index contributed by atoms with van der Waals surface area (Å²) >= 11 is 5.83. The average molecular weight is 469 g/mol.